The predicted octanol–water partition coefficient (Wildman–Crippen LogP) is 0.0437. The molecule has 0 aliphatic carbocycles. The monoisotopic (exact) mass is 135 g/mol. The van der Waals surface area contributed by atoms with E-state index >= 15 is 0 Å². The van der Waals surface area contributed by atoms with E-state index in [0.717, 1.165) is 0 Å². The summed E-state index contributed by atoms with van der Waals surface area (Å²) in [4.78, 5) is 10.4. The minimum atomic E-state index is -0.627. The van der Waals surface area contributed by atoms with Crippen LogP contribution in [0.5, 0.6) is 0 Å². The van der Waals surface area contributed by atoms with Crippen molar-refractivity contribution < 1.29 is 9.53 Å². The van der Waals surface area contributed by atoms with Crippen molar-refractivity contribution in [2.24, 2.45) is 0 Å². The molecule has 0 bridgehead atoms. The van der Waals surface area contributed by atoms with Crippen LogP contribution in [0.25, 0.3) is 0 Å². The van der Waals surface area contributed by atoms with Crippen molar-refractivity contribution >= 4 is 17.6 Å². The van der Waals surface area contributed by atoms with Gasteiger partial charge in [-0.15, -0.1) is 0 Å². The van der Waals surface area contributed by atoms with E-state index < -0.39 is 5.69 Å². The van der Waals surface area contributed by atoms with Gasteiger partial charge in [-0.1, -0.05) is 11.6 Å². The number of esters is 1. The number of ether oxygens (including phenoxy) is 1. The summed E-state index contributed by atoms with van der Waals surface area (Å²) in [6.45, 7) is 1.70. The molecule has 46 valence electrons. The van der Waals surface area contributed by atoms with E-state index in [2.05, 4.69) is 10.1 Å². The molecule has 8 heavy (non-hydrogen) atoms. The number of nitrogens with one attached hydrogen (secondary N) is 1. The lowest BCUT2D eigenvalue weighted by atomic mass is 10.4. The standard InChI is InChI=1S/C4H6ClNO2/c1-2-3(7)8-4(5)6-2/h2,4,6H,1H3/t2-,4+/m0/s1. The van der Waals surface area contributed by atoms with Crippen LogP contribution in [0, 0.1) is 0 Å². The predicted molar refractivity (Wildman–Crippen MR) is 28.3 cm³/mol. The van der Waals surface area contributed by atoms with Crippen molar-refractivity contribution in [2.75, 3.05) is 0 Å². The van der Waals surface area contributed by atoms with Crippen LogP contribution in [0.1, 0.15) is 6.92 Å². The van der Waals surface area contributed by atoms with Gasteiger partial charge in [0.25, 0.3) is 0 Å². The number of hydrogen-bond acceptors (Lipinski definition) is 3. The summed E-state index contributed by atoms with van der Waals surface area (Å²) in [5.74, 6) is -0.287. The molecule has 0 aromatic rings. The van der Waals surface area contributed by atoms with Crippen molar-refractivity contribution in [1.82, 2.24) is 5.32 Å². The maximum atomic E-state index is 10.4. The first kappa shape index (κ1) is 5.85. The molecule has 0 amide bonds. The van der Waals surface area contributed by atoms with Gasteiger partial charge in [-0.05, 0) is 6.92 Å². The second kappa shape index (κ2) is 1.91. The van der Waals surface area contributed by atoms with E-state index in [1.54, 1.807) is 6.92 Å². The third-order valence-corrected chi connectivity index (χ3v) is 1.17. The van der Waals surface area contributed by atoms with Gasteiger partial charge in [0.2, 0.25) is 5.69 Å². The number of hydrogen-bond donors (Lipinski definition) is 1. The first-order valence-electron chi connectivity index (χ1n) is 2.31. The minimum absolute atomic E-state index is 0.252. The lowest BCUT2D eigenvalue weighted by Crippen LogP contribution is -2.25. The highest BCUT2D eigenvalue weighted by Gasteiger charge is 2.27. The second-order valence-electron chi connectivity index (χ2n) is 1.64. The number of carbonyl (C=O) groups is 1. The normalized spacial score (nSPS) is 37.5. The SMILES string of the molecule is C[C@@H]1N[C@@H](Cl)OC1=O. The quantitative estimate of drug-likeness (QED) is 0.290. The van der Waals surface area contributed by atoms with Gasteiger partial charge in [-0.25, -0.2) is 0 Å². The third kappa shape index (κ3) is 0.928. The van der Waals surface area contributed by atoms with E-state index in [1.807, 2.05) is 0 Å². The molecule has 3 nitrogen and oxygen atoms in total. The molecule has 1 saturated heterocycles. The highest BCUT2D eigenvalue weighted by atomic mass is 35.5. The van der Waals surface area contributed by atoms with Crippen LogP contribution < -0.4 is 5.32 Å². The lowest BCUT2D eigenvalue weighted by Gasteiger charge is -1.94. The first-order valence-corrected chi connectivity index (χ1v) is 2.74. The third-order valence-electron chi connectivity index (χ3n) is 0.954. The fourth-order valence-corrected chi connectivity index (χ4v) is 0.779. The molecule has 2 atom stereocenters. The average molecular weight is 136 g/mol. The van der Waals surface area contributed by atoms with Crippen LogP contribution in [0.3, 0.4) is 0 Å². The second-order valence-corrected chi connectivity index (χ2v) is 2.04. The van der Waals surface area contributed by atoms with Crippen molar-refractivity contribution in [3.05, 3.63) is 0 Å². The summed E-state index contributed by atoms with van der Waals surface area (Å²) < 4.78 is 4.49. The molecule has 0 unspecified atom stereocenters. The molecular formula is C4H6ClNO2. The van der Waals surface area contributed by atoms with Gasteiger partial charge < -0.3 is 4.74 Å². The van der Waals surface area contributed by atoms with E-state index in [9.17, 15) is 4.79 Å². The van der Waals surface area contributed by atoms with Gasteiger partial charge in [0, 0.05) is 0 Å². The van der Waals surface area contributed by atoms with Crippen molar-refractivity contribution in [1.29, 1.82) is 0 Å². The van der Waals surface area contributed by atoms with Crippen LogP contribution >= 0.6 is 11.6 Å². The Morgan fingerprint density at radius 1 is 1.88 bits per heavy atom. The van der Waals surface area contributed by atoms with Crippen LogP contribution in [0.2, 0.25) is 0 Å². The Kier molecular flexibility index (Phi) is 1.40. The molecule has 1 rings (SSSR count). The molecule has 0 aromatic heterocycles. The maximum absolute atomic E-state index is 10.4. The highest BCUT2D eigenvalue weighted by Crippen LogP contribution is 2.06. The minimum Gasteiger partial charge on any atom is -0.431 e. The van der Waals surface area contributed by atoms with Gasteiger partial charge in [-0.3, -0.25) is 10.1 Å². The maximum Gasteiger partial charge on any atom is 0.325 e. The number of halogens is 1. The van der Waals surface area contributed by atoms with Crippen molar-refractivity contribution in [3.63, 3.8) is 0 Å². The number of rotatable bonds is 0. The van der Waals surface area contributed by atoms with Crippen LogP contribution in [0.15, 0.2) is 0 Å². The molecule has 1 aliphatic heterocycles. The fraction of sp³-hybridized carbons (Fsp3) is 0.750. The topological polar surface area (TPSA) is 38.3 Å². The average Bonchev–Trinajstić information content (AvgIpc) is 1.85. The van der Waals surface area contributed by atoms with Gasteiger partial charge in [0.05, 0.1) is 0 Å². The molecule has 1 heterocycles. The smallest absolute Gasteiger partial charge is 0.325 e. The molecule has 0 aromatic carbocycles. The lowest BCUT2D eigenvalue weighted by molar-refractivity contribution is -0.139. The van der Waals surface area contributed by atoms with E-state index in [4.69, 9.17) is 11.6 Å². The summed E-state index contributed by atoms with van der Waals surface area (Å²) in [5.41, 5.74) is -0.627. The zero-order valence-electron chi connectivity index (χ0n) is 4.35. The summed E-state index contributed by atoms with van der Waals surface area (Å²) >= 11 is 5.35. The largest absolute Gasteiger partial charge is 0.431 e. The molecule has 1 N–H and O–H groups in total. The number of alkyl halides is 1. The van der Waals surface area contributed by atoms with E-state index in [1.165, 1.54) is 0 Å². The van der Waals surface area contributed by atoms with Gasteiger partial charge in [0.1, 0.15) is 6.04 Å². The van der Waals surface area contributed by atoms with Crippen LogP contribution in [-0.2, 0) is 9.53 Å². The summed E-state index contributed by atoms with van der Waals surface area (Å²) in [5, 5.41) is 2.66. The van der Waals surface area contributed by atoms with Gasteiger partial charge in [-0.2, -0.15) is 0 Å². The molecule has 0 spiro atoms. The molecular weight excluding hydrogens is 130 g/mol. The molecule has 1 fully saturated rings. The Bertz CT molecular complexity index is 117. The Hall–Kier alpha value is -0.280. The molecule has 0 saturated carbocycles. The Balaban J connectivity index is 2.51. The Morgan fingerprint density at radius 3 is 2.62 bits per heavy atom. The Labute approximate surface area is 52.0 Å². The summed E-state index contributed by atoms with van der Waals surface area (Å²) in [7, 11) is 0. The van der Waals surface area contributed by atoms with Gasteiger partial charge in [0.15, 0.2) is 0 Å². The Morgan fingerprint density at radius 2 is 2.50 bits per heavy atom. The first-order chi connectivity index (χ1) is 3.70. The van der Waals surface area contributed by atoms with Crippen molar-refractivity contribution in [3.8, 4) is 0 Å². The zero-order valence-corrected chi connectivity index (χ0v) is 5.11. The van der Waals surface area contributed by atoms with E-state index in [-0.39, 0.29) is 12.0 Å². The number of carbonyl (C=O) groups excluding carboxylic acids is 1. The molecule has 0 radical (unpaired) electrons. The van der Waals surface area contributed by atoms with E-state index in [0.29, 0.717) is 0 Å². The fourth-order valence-electron chi connectivity index (χ4n) is 0.503. The van der Waals surface area contributed by atoms with Crippen LogP contribution in [0.4, 0.5) is 0 Å². The van der Waals surface area contributed by atoms with Gasteiger partial charge >= 0.3 is 5.97 Å². The number of cyclic esters (lactones) is 1. The molecule has 1 aliphatic rings. The molecule has 4 heteroatoms. The van der Waals surface area contributed by atoms with Crippen molar-refractivity contribution in [2.45, 2.75) is 18.7 Å². The summed E-state index contributed by atoms with van der Waals surface area (Å²) in [6.07, 6.45) is 0. The zero-order chi connectivity index (χ0) is 6.15. The van der Waals surface area contributed by atoms with Crippen LogP contribution in [-0.4, -0.2) is 17.7 Å². The summed E-state index contributed by atoms with van der Waals surface area (Å²) in [6, 6.07) is -0.252. The highest BCUT2D eigenvalue weighted by molar-refractivity contribution is 6.20.